The average Bonchev–Trinajstić information content (AvgIpc) is 2.66. The number of urea groups is 1. The fourth-order valence-electron chi connectivity index (χ4n) is 2.29. The second-order valence-corrected chi connectivity index (χ2v) is 5.83. The highest BCUT2D eigenvalue weighted by atomic mass is 35.5. The van der Waals surface area contributed by atoms with Crippen molar-refractivity contribution in [1.82, 2.24) is 10.6 Å². The van der Waals surface area contributed by atoms with Gasteiger partial charge >= 0.3 is 12.0 Å². The Morgan fingerprint density at radius 2 is 1.81 bits per heavy atom. The topological polar surface area (TPSA) is 93.7 Å². The van der Waals surface area contributed by atoms with E-state index in [4.69, 9.17) is 21.1 Å². The molecule has 0 bridgehead atoms. The number of halogens is 1. The molecule has 2 aromatic carbocycles. The molecule has 0 fully saturated rings. The highest BCUT2D eigenvalue weighted by Crippen LogP contribution is 2.26. The molecule has 0 radical (unpaired) electrons. The Morgan fingerprint density at radius 1 is 1.11 bits per heavy atom. The van der Waals surface area contributed by atoms with Gasteiger partial charge < -0.3 is 14.8 Å². The Balaban J connectivity index is 2.29. The van der Waals surface area contributed by atoms with Gasteiger partial charge in [-0.15, -0.1) is 0 Å². The van der Waals surface area contributed by atoms with Crippen molar-refractivity contribution in [3.05, 3.63) is 64.7 Å². The number of carbonyl (C=O) groups excluding carboxylic acids is 3. The molecule has 2 rings (SSSR count). The fourth-order valence-corrected chi connectivity index (χ4v) is 2.47. The molecule has 0 aliphatic carbocycles. The van der Waals surface area contributed by atoms with Crippen LogP contribution in [-0.4, -0.2) is 31.6 Å². The number of hydrogen-bond donors (Lipinski definition) is 2. The second kappa shape index (κ2) is 9.59. The summed E-state index contributed by atoms with van der Waals surface area (Å²) in [5.41, 5.74) is 0.477. The molecule has 0 saturated heterocycles. The van der Waals surface area contributed by atoms with Gasteiger partial charge in [-0.05, 0) is 25.1 Å². The van der Waals surface area contributed by atoms with Crippen LogP contribution in [-0.2, 0) is 9.53 Å². The first-order valence-corrected chi connectivity index (χ1v) is 8.52. The molecule has 0 aliphatic rings. The predicted molar refractivity (Wildman–Crippen MR) is 99.8 cm³/mol. The highest BCUT2D eigenvalue weighted by Gasteiger charge is 2.28. The molecule has 0 spiro atoms. The van der Waals surface area contributed by atoms with Gasteiger partial charge in [0.2, 0.25) is 6.10 Å². The summed E-state index contributed by atoms with van der Waals surface area (Å²) in [4.78, 5) is 36.8. The number of amides is 3. The molecule has 7 nitrogen and oxygen atoms in total. The van der Waals surface area contributed by atoms with Gasteiger partial charge in [0.15, 0.2) is 0 Å². The van der Waals surface area contributed by atoms with Gasteiger partial charge in [0.1, 0.15) is 11.3 Å². The average molecular weight is 391 g/mol. The van der Waals surface area contributed by atoms with Gasteiger partial charge in [0.25, 0.3) is 5.91 Å². The van der Waals surface area contributed by atoms with E-state index in [1.807, 2.05) is 0 Å². The molecule has 0 unspecified atom stereocenters. The molecule has 0 aliphatic heterocycles. The molecule has 3 amide bonds. The van der Waals surface area contributed by atoms with Crippen LogP contribution in [0.1, 0.15) is 28.9 Å². The van der Waals surface area contributed by atoms with E-state index in [0.717, 1.165) is 0 Å². The van der Waals surface area contributed by atoms with Crippen LogP contribution in [0.2, 0.25) is 5.02 Å². The molecule has 2 aromatic rings. The second-order valence-electron chi connectivity index (χ2n) is 5.39. The standard InChI is InChI=1S/C19H19ClN2O5/c1-3-21-19(25)22-17(23)16(12-7-5-4-6-8-12)27-18(24)14-11-13(20)9-10-15(14)26-2/h4-11,16H,3H2,1-2H3,(H2,21,22,23,25)/t16-/m0/s1. The maximum Gasteiger partial charge on any atom is 0.343 e. The van der Waals surface area contributed by atoms with Crippen molar-refractivity contribution >= 4 is 29.5 Å². The minimum atomic E-state index is -1.33. The van der Waals surface area contributed by atoms with E-state index in [0.29, 0.717) is 17.1 Å². The highest BCUT2D eigenvalue weighted by molar-refractivity contribution is 6.31. The Bertz CT molecular complexity index is 826. The third kappa shape index (κ3) is 5.46. The molecule has 0 aromatic heterocycles. The zero-order chi connectivity index (χ0) is 19.8. The first-order chi connectivity index (χ1) is 13.0. The summed E-state index contributed by atoms with van der Waals surface area (Å²) < 4.78 is 10.5. The monoisotopic (exact) mass is 390 g/mol. The summed E-state index contributed by atoms with van der Waals surface area (Å²) in [6.07, 6.45) is -1.33. The van der Waals surface area contributed by atoms with Crippen LogP contribution < -0.4 is 15.4 Å². The molecular formula is C19H19ClN2O5. The number of methoxy groups -OCH3 is 1. The van der Waals surface area contributed by atoms with Crippen LogP contribution in [0.15, 0.2) is 48.5 Å². The number of ether oxygens (including phenoxy) is 2. The summed E-state index contributed by atoms with van der Waals surface area (Å²) in [7, 11) is 1.40. The van der Waals surface area contributed by atoms with Crippen molar-refractivity contribution in [2.24, 2.45) is 0 Å². The maximum atomic E-state index is 12.6. The number of benzene rings is 2. The van der Waals surface area contributed by atoms with Gasteiger partial charge in [-0.25, -0.2) is 9.59 Å². The lowest BCUT2D eigenvalue weighted by atomic mass is 10.1. The molecule has 0 heterocycles. The van der Waals surface area contributed by atoms with Crippen LogP contribution in [0.4, 0.5) is 4.79 Å². The van der Waals surface area contributed by atoms with Crippen molar-refractivity contribution in [2.75, 3.05) is 13.7 Å². The Labute approximate surface area is 161 Å². The molecule has 0 saturated carbocycles. The molecule has 142 valence electrons. The van der Waals surface area contributed by atoms with Gasteiger partial charge in [0, 0.05) is 17.1 Å². The van der Waals surface area contributed by atoms with E-state index in [-0.39, 0.29) is 11.3 Å². The molecule has 2 N–H and O–H groups in total. The van der Waals surface area contributed by atoms with E-state index in [9.17, 15) is 14.4 Å². The Morgan fingerprint density at radius 3 is 2.44 bits per heavy atom. The van der Waals surface area contributed by atoms with Gasteiger partial charge in [0.05, 0.1) is 7.11 Å². The quantitative estimate of drug-likeness (QED) is 0.739. The van der Waals surface area contributed by atoms with Crippen molar-refractivity contribution < 1.29 is 23.9 Å². The van der Waals surface area contributed by atoms with Crippen molar-refractivity contribution in [3.8, 4) is 5.75 Å². The van der Waals surface area contributed by atoms with Crippen LogP contribution in [0.3, 0.4) is 0 Å². The first-order valence-electron chi connectivity index (χ1n) is 8.14. The van der Waals surface area contributed by atoms with Gasteiger partial charge in [-0.3, -0.25) is 10.1 Å². The Hall–Kier alpha value is -3.06. The molecular weight excluding hydrogens is 372 g/mol. The van der Waals surface area contributed by atoms with Crippen LogP contribution in [0, 0.1) is 0 Å². The summed E-state index contributed by atoms with van der Waals surface area (Å²) >= 11 is 5.94. The van der Waals surface area contributed by atoms with Crippen LogP contribution in [0.5, 0.6) is 5.75 Å². The van der Waals surface area contributed by atoms with Crippen molar-refractivity contribution in [1.29, 1.82) is 0 Å². The summed E-state index contributed by atoms with van der Waals surface area (Å²) in [6.45, 7) is 2.05. The number of esters is 1. The third-order valence-corrected chi connectivity index (χ3v) is 3.76. The van der Waals surface area contributed by atoms with Gasteiger partial charge in [-0.2, -0.15) is 0 Å². The lowest BCUT2D eigenvalue weighted by Crippen LogP contribution is -2.42. The summed E-state index contributed by atoms with van der Waals surface area (Å²) in [5, 5.41) is 4.91. The molecule has 8 heteroatoms. The smallest absolute Gasteiger partial charge is 0.343 e. The van der Waals surface area contributed by atoms with E-state index in [2.05, 4.69) is 10.6 Å². The van der Waals surface area contributed by atoms with E-state index < -0.39 is 24.0 Å². The van der Waals surface area contributed by atoms with Crippen molar-refractivity contribution in [2.45, 2.75) is 13.0 Å². The summed E-state index contributed by atoms with van der Waals surface area (Å²) in [5.74, 6) is -1.34. The number of rotatable bonds is 6. The largest absolute Gasteiger partial charge is 0.496 e. The maximum absolute atomic E-state index is 12.6. The van der Waals surface area contributed by atoms with Crippen molar-refractivity contribution in [3.63, 3.8) is 0 Å². The Kier molecular flexibility index (Phi) is 7.19. The lowest BCUT2D eigenvalue weighted by molar-refractivity contribution is -0.129. The first kappa shape index (κ1) is 20.3. The van der Waals surface area contributed by atoms with E-state index >= 15 is 0 Å². The minimum Gasteiger partial charge on any atom is -0.496 e. The normalized spacial score (nSPS) is 11.2. The number of nitrogens with one attached hydrogen (secondary N) is 2. The van der Waals surface area contributed by atoms with E-state index in [1.54, 1.807) is 43.3 Å². The zero-order valence-electron chi connectivity index (χ0n) is 14.8. The van der Waals surface area contributed by atoms with Crippen LogP contribution in [0.25, 0.3) is 0 Å². The number of carbonyl (C=O) groups is 3. The number of imide groups is 1. The third-order valence-electron chi connectivity index (χ3n) is 3.52. The zero-order valence-corrected chi connectivity index (χ0v) is 15.6. The lowest BCUT2D eigenvalue weighted by Gasteiger charge is -2.18. The molecule has 27 heavy (non-hydrogen) atoms. The minimum absolute atomic E-state index is 0.0664. The van der Waals surface area contributed by atoms with Gasteiger partial charge in [-0.1, -0.05) is 41.9 Å². The number of hydrogen-bond acceptors (Lipinski definition) is 5. The fraction of sp³-hybridized carbons (Fsp3) is 0.211. The SMILES string of the molecule is CCNC(=O)NC(=O)[C@@H](OC(=O)c1cc(Cl)ccc1OC)c1ccccc1. The van der Waals surface area contributed by atoms with Crippen LogP contribution >= 0.6 is 11.6 Å². The van der Waals surface area contributed by atoms with E-state index in [1.165, 1.54) is 19.2 Å². The molecule has 1 atom stereocenters. The predicted octanol–water partition coefficient (Wildman–Crippen LogP) is 3.09. The summed E-state index contributed by atoms with van der Waals surface area (Å²) in [6, 6.07) is 12.1.